The quantitative estimate of drug-likeness (QED) is 0.782. The lowest BCUT2D eigenvalue weighted by molar-refractivity contribution is 0.103. The summed E-state index contributed by atoms with van der Waals surface area (Å²) >= 11 is 0. The number of carbonyl (C=O) groups is 1. The maximum Gasteiger partial charge on any atom is 0.197 e. The minimum absolute atomic E-state index is 0.0550. The van der Waals surface area contributed by atoms with E-state index in [2.05, 4.69) is 4.98 Å². The van der Waals surface area contributed by atoms with Gasteiger partial charge in [0.2, 0.25) is 0 Å². The van der Waals surface area contributed by atoms with Gasteiger partial charge in [0.1, 0.15) is 11.6 Å². The van der Waals surface area contributed by atoms with Gasteiger partial charge >= 0.3 is 0 Å². The van der Waals surface area contributed by atoms with E-state index < -0.39 is 5.82 Å². The maximum absolute atomic E-state index is 13.7. The van der Waals surface area contributed by atoms with Crippen LogP contribution in [-0.4, -0.2) is 17.4 Å². The Morgan fingerprint density at radius 2 is 2.10 bits per heavy atom. The van der Waals surface area contributed by atoms with Crippen molar-refractivity contribution in [2.45, 2.75) is 20.3 Å². The molecule has 104 valence electrons. The van der Waals surface area contributed by atoms with Crippen molar-refractivity contribution in [2.24, 2.45) is 0 Å². The highest BCUT2D eigenvalue weighted by Gasteiger charge is 2.15. The SMILES string of the molecule is CCCOc1cncc(C(=O)c2cc(C)ccc2F)c1. The molecule has 0 amide bonds. The normalized spacial score (nSPS) is 10.3. The second kappa shape index (κ2) is 6.28. The first kappa shape index (κ1) is 14.2. The van der Waals surface area contributed by atoms with Crippen molar-refractivity contribution in [3.8, 4) is 5.75 Å². The van der Waals surface area contributed by atoms with Crippen molar-refractivity contribution in [2.75, 3.05) is 6.61 Å². The number of aryl methyl sites for hydroxylation is 1. The highest BCUT2D eigenvalue weighted by Crippen LogP contribution is 2.18. The fraction of sp³-hybridized carbons (Fsp3) is 0.250. The number of nitrogens with zero attached hydrogens (tertiary/aromatic N) is 1. The smallest absolute Gasteiger partial charge is 0.197 e. The number of ether oxygens (including phenoxy) is 1. The molecule has 0 atom stereocenters. The van der Waals surface area contributed by atoms with Crippen LogP contribution in [0.1, 0.15) is 34.8 Å². The maximum atomic E-state index is 13.7. The summed E-state index contributed by atoms with van der Waals surface area (Å²) in [6.07, 6.45) is 3.83. The number of carbonyl (C=O) groups excluding carboxylic acids is 1. The Hall–Kier alpha value is -2.23. The molecule has 0 saturated heterocycles. The molecule has 0 N–H and O–H groups in total. The first-order chi connectivity index (χ1) is 9.61. The molecule has 0 radical (unpaired) electrons. The summed E-state index contributed by atoms with van der Waals surface area (Å²) in [6.45, 7) is 4.36. The number of pyridine rings is 1. The van der Waals surface area contributed by atoms with E-state index in [9.17, 15) is 9.18 Å². The van der Waals surface area contributed by atoms with Gasteiger partial charge in [0.15, 0.2) is 5.78 Å². The molecule has 0 fully saturated rings. The molecular formula is C16H16FNO2. The van der Waals surface area contributed by atoms with Crippen LogP contribution in [0.5, 0.6) is 5.75 Å². The zero-order valence-electron chi connectivity index (χ0n) is 11.5. The summed E-state index contributed by atoms with van der Waals surface area (Å²) in [5.74, 6) is -0.396. The van der Waals surface area contributed by atoms with E-state index in [1.165, 1.54) is 18.3 Å². The molecule has 0 aliphatic heterocycles. The summed E-state index contributed by atoms with van der Waals surface area (Å²) in [5, 5.41) is 0. The van der Waals surface area contributed by atoms with E-state index >= 15 is 0 Å². The standard InChI is InChI=1S/C16H16FNO2/c1-3-6-20-13-8-12(9-18-10-13)16(19)14-7-11(2)4-5-15(14)17/h4-5,7-10H,3,6H2,1-2H3. The third-order valence-corrected chi connectivity index (χ3v) is 2.81. The minimum Gasteiger partial charge on any atom is -0.492 e. The van der Waals surface area contributed by atoms with Gasteiger partial charge in [-0.1, -0.05) is 18.6 Å². The van der Waals surface area contributed by atoms with Gasteiger partial charge < -0.3 is 4.74 Å². The third-order valence-electron chi connectivity index (χ3n) is 2.81. The predicted octanol–water partition coefficient (Wildman–Crippen LogP) is 3.55. The molecule has 1 heterocycles. The van der Waals surface area contributed by atoms with Crippen LogP contribution >= 0.6 is 0 Å². The van der Waals surface area contributed by atoms with Gasteiger partial charge in [0, 0.05) is 11.8 Å². The van der Waals surface area contributed by atoms with Gasteiger partial charge in [-0.3, -0.25) is 9.78 Å². The van der Waals surface area contributed by atoms with Crippen molar-refractivity contribution in [1.82, 2.24) is 4.98 Å². The Morgan fingerprint density at radius 3 is 2.85 bits per heavy atom. The van der Waals surface area contributed by atoms with Crippen LogP contribution < -0.4 is 4.74 Å². The second-order valence-corrected chi connectivity index (χ2v) is 4.57. The van der Waals surface area contributed by atoms with Gasteiger partial charge in [-0.2, -0.15) is 0 Å². The molecule has 0 unspecified atom stereocenters. The van der Waals surface area contributed by atoms with E-state index in [-0.39, 0.29) is 11.3 Å². The lowest BCUT2D eigenvalue weighted by atomic mass is 10.0. The van der Waals surface area contributed by atoms with Crippen LogP contribution in [0.2, 0.25) is 0 Å². The largest absolute Gasteiger partial charge is 0.492 e. The van der Waals surface area contributed by atoms with E-state index in [1.807, 2.05) is 13.8 Å². The van der Waals surface area contributed by atoms with Gasteiger partial charge in [0.05, 0.1) is 18.4 Å². The molecular weight excluding hydrogens is 257 g/mol. The topological polar surface area (TPSA) is 39.2 Å². The summed E-state index contributed by atoms with van der Waals surface area (Å²) in [7, 11) is 0. The fourth-order valence-corrected chi connectivity index (χ4v) is 1.81. The Bertz CT molecular complexity index is 626. The molecule has 20 heavy (non-hydrogen) atoms. The Morgan fingerprint density at radius 1 is 1.30 bits per heavy atom. The van der Waals surface area contributed by atoms with Gasteiger partial charge in [0.25, 0.3) is 0 Å². The zero-order chi connectivity index (χ0) is 14.5. The number of benzene rings is 1. The van der Waals surface area contributed by atoms with Crippen molar-refractivity contribution in [3.05, 3.63) is 59.2 Å². The number of halogens is 1. The lowest BCUT2D eigenvalue weighted by Crippen LogP contribution is -2.06. The van der Waals surface area contributed by atoms with Crippen LogP contribution in [-0.2, 0) is 0 Å². The molecule has 0 saturated carbocycles. The zero-order valence-corrected chi connectivity index (χ0v) is 11.5. The minimum atomic E-state index is -0.527. The number of rotatable bonds is 5. The predicted molar refractivity (Wildman–Crippen MR) is 74.6 cm³/mol. The molecule has 0 spiro atoms. The summed E-state index contributed by atoms with van der Waals surface area (Å²) in [5.41, 5.74) is 1.21. The van der Waals surface area contributed by atoms with Crippen molar-refractivity contribution in [3.63, 3.8) is 0 Å². The van der Waals surface area contributed by atoms with E-state index in [0.29, 0.717) is 17.9 Å². The molecule has 1 aromatic carbocycles. The Labute approximate surface area is 117 Å². The number of ketones is 1. The monoisotopic (exact) mass is 273 g/mol. The summed E-state index contributed by atoms with van der Waals surface area (Å²) in [6, 6.07) is 6.06. The Kier molecular flexibility index (Phi) is 4.45. The van der Waals surface area contributed by atoms with Crippen LogP contribution in [0.15, 0.2) is 36.7 Å². The first-order valence-corrected chi connectivity index (χ1v) is 6.50. The van der Waals surface area contributed by atoms with Crippen molar-refractivity contribution in [1.29, 1.82) is 0 Å². The fourth-order valence-electron chi connectivity index (χ4n) is 1.81. The van der Waals surface area contributed by atoms with Crippen molar-refractivity contribution >= 4 is 5.78 Å². The molecule has 0 bridgehead atoms. The second-order valence-electron chi connectivity index (χ2n) is 4.57. The van der Waals surface area contributed by atoms with E-state index in [4.69, 9.17) is 4.74 Å². The average molecular weight is 273 g/mol. The molecule has 2 aromatic rings. The average Bonchev–Trinajstić information content (AvgIpc) is 2.47. The van der Waals surface area contributed by atoms with Crippen LogP contribution in [0.25, 0.3) is 0 Å². The summed E-state index contributed by atoms with van der Waals surface area (Å²) < 4.78 is 19.2. The molecule has 1 aromatic heterocycles. The highest BCUT2D eigenvalue weighted by atomic mass is 19.1. The first-order valence-electron chi connectivity index (χ1n) is 6.50. The molecule has 0 aliphatic carbocycles. The third kappa shape index (κ3) is 3.20. The van der Waals surface area contributed by atoms with E-state index in [1.54, 1.807) is 18.3 Å². The van der Waals surface area contributed by atoms with Gasteiger partial charge in [-0.25, -0.2) is 4.39 Å². The number of aromatic nitrogens is 1. The van der Waals surface area contributed by atoms with Gasteiger partial charge in [-0.05, 0) is 31.5 Å². The number of hydrogen-bond donors (Lipinski definition) is 0. The Balaban J connectivity index is 2.31. The summed E-state index contributed by atoms with van der Waals surface area (Å²) in [4.78, 5) is 16.3. The molecule has 0 aliphatic rings. The van der Waals surface area contributed by atoms with E-state index in [0.717, 1.165) is 12.0 Å². The molecule has 4 heteroatoms. The highest BCUT2D eigenvalue weighted by molar-refractivity contribution is 6.09. The molecule has 3 nitrogen and oxygen atoms in total. The lowest BCUT2D eigenvalue weighted by Gasteiger charge is -2.07. The van der Waals surface area contributed by atoms with Crippen LogP contribution in [0.3, 0.4) is 0 Å². The van der Waals surface area contributed by atoms with Crippen LogP contribution in [0.4, 0.5) is 4.39 Å². The van der Waals surface area contributed by atoms with Crippen molar-refractivity contribution < 1.29 is 13.9 Å². The molecule has 2 rings (SSSR count). The van der Waals surface area contributed by atoms with Crippen LogP contribution in [0, 0.1) is 12.7 Å². The number of hydrogen-bond acceptors (Lipinski definition) is 3. The van der Waals surface area contributed by atoms with Gasteiger partial charge in [-0.15, -0.1) is 0 Å².